The molecule has 3 aromatic rings. The molecule has 0 aliphatic carbocycles. The molecule has 25 heavy (non-hydrogen) atoms. The van der Waals surface area contributed by atoms with Crippen molar-refractivity contribution in [2.75, 3.05) is 0 Å². The molecule has 0 aliphatic rings. The maximum absolute atomic E-state index is 12.3. The van der Waals surface area contributed by atoms with Gasteiger partial charge in [-0.15, -0.1) is 0 Å². The van der Waals surface area contributed by atoms with Gasteiger partial charge in [0.1, 0.15) is 11.5 Å². The van der Waals surface area contributed by atoms with Crippen LogP contribution in [0.1, 0.15) is 41.3 Å². The van der Waals surface area contributed by atoms with Crippen molar-refractivity contribution in [3.63, 3.8) is 0 Å². The lowest BCUT2D eigenvalue weighted by atomic mass is 10.0. The van der Waals surface area contributed by atoms with Crippen molar-refractivity contribution in [1.82, 2.24) is 0 Å². The Bertz CT molecular complexity index is 833. The summed E-state index contributed by atoms with van der Waals surface area (Å²) in [4.78, 5) is 12.3. The average Bonchev–Trinajstić information content (AvgIpc) is 2.63. The van der Waals surface area contributed by atoms with E-state index in [1.807, 2.05) is 66.7 Å². The average molecular weight is 330 g/mol. The Morgan fingerprint density at radius 1 is 0.840 bits per heavy atom. The summed E-state index contributed by atoms with van der Waals surface area (Å²) in [6, 6.07) is 25.2. The van der Waals surface area contributed by atoms with Gasteiger partial charge in [0.15, 0.2) is 5.78 Å². The molecule has 0 heterocycles. The van der Waals surface area contributed by atoms with E-state index in [0.29, 0.717) is 12.3 Å². The molecule has 2 heteroatoms. The summed E-state index contributed by atoms with van der Waals surface area (Å²) in [6.45, 7) is 4.34. The molecule has 0 saturated heterocycles. The number of ketones is 1. The van der Waals surface area contributed by atoms with Crippen molar-refractivity contribution in [2.45, 2.75) is 26.2 Å². The molecule has 126 valence electrons. The summed E-state index contributed by atoms with van der Waals surface area (Å²) in [6.07, 6.45) is 0.369. The van der Waals surface area contributed by atoms with Crippen molar-refractivity contribution < 1.29 is 9.53 Å². The molecule has 0 spiro atoms. The number of hydrogen-bond acceptors (Lipinski definition) is 2. The normalized spacial score (nSPS) is 10.7. The molecular weight excluding hydrogens is 308 g/mol. The zero-order valence-corrected chi connectivity index (χ0v) is 14.6. The maximum atomic E-state index is 12.3. The number of Topliss-reactive ketones (excluding diaryl/α,β-unsaturated/α-hetero) is 1. The van der Waals surface area contributed by atoms with E-state index in [-0.39, 0.29) is 5.78 Å². The van der Waals surface area contributed by atoms with E-state index in [0.717, 1.165) is 22.6 Å². The van der Waals surface area contributed by atoms with Crippen LogP contribution in [-0.2, 0) is 6.42 Å². The van der Waals surface area contributed by atoms with Crippen LogP contribution in [0.5, 0.6) is 11.5 Å². The smallest absolute Gasteiger partial charge is 0.167 e. The minimum atomic E-state index is 0.110. The second kappa shape index (κ2) is 7.80. The van der Waals surface area contributed by atoms with Crippen LogP contribution in [0.2, 0.25) is 0 Å². The zero-order valence-electron chi connectivity index (χ0n) is 14.6. The van der Waals surface area contributed by atoms with Crippen LogP contribution in [0.15, 0.2) is 78.9 Å². The summed E-state index contributed by atoms with van der Waals surface area (Å²) < 4.78 is 5.93. The summed E-state index contributed by atoms with van der Waals surface area (Å²) in [5, 5.41) is 0. The Morgan fingerprint density at radius 2 is 1.56 bits per heavy atom. The van der Waals surface area contributed by atoms with Crippen LogP contribution < -0.4 is 4.74 Å². The fourth-order valence-electron chi connectivity index (χ4n) is 2.69. The van der Waals surface area contributed by atoms with Gasteiger partial charge >= 0.3 is 0 Å². The number of carbonyl (C=O) groups is 1. The highest BCUT2D eigenvalue weighted by molar-refractivity contribution is 5.97. The summed E-state index contributed by atoms with van der Waals surface area (Å²) in [7, 11) is 0. The van der Waals surface area contributed by atoms with Crippen molar-refractivity contribution in [1.29, 1.82) is 0 Å². The van der Waals surface area contributed by atoms with Crippen molar-refractivity contribution in [3.05, 3.63) is 95.6 Å². The Labute approximate surface area is 149 Å². The second-order valence-electron chi connectivity index (χ2n) is 6.44. The third-order valence-corrected chi connectivity index (χ3v) is 4.14. The lowest BCUT2D eigenvalue weighted by Gasteiger charge is -2.10. The third kappa shape index (κ3) is 4.57. The van der Waals surface area contributed by atoms with Gasteiger partial charge in [0.05, 0.1) is 0 Å². The van der Waals surface area contributed by atoms with E-state index in [1.54, 1.807) is 0 Å². The van der Waals surface area contributed by atoms with E-state index >= 15 is 0 Å². The minimum Gasteiger partial charge on any atom is -0.457 e. The van der Waals surface area contributed by atoms with Gasteiger partial charge in [-0.1, -0.05) is 68.4 Å². The van der Waals surface area contributed by atoms with Gasteiger partial charge < -0.3 is 4.74 Å². The molecule has 0 unspecified atom stereocenters. The quantitative estimate of drug-likeness (QED) is 0.516. The highest BCUT2D eigenvalue weighted by atomic mass is 16.5. The second-order valence-corrected chi connectivity index (χ2v) is 6.44. The molecule has 3 rings (SSSR count). The Hall–Kier alpha value is -2.87. The molecule has 0 radical (unpaired) electrons. The van der Waals surface area contributed by atoms with Gasteiger partial charge in [-0.05, 0) is 41.3 Å². The molecule has 0 aromatic heterocycles. The van der Waals surface area contributed by atoms with Crippen molar-refractivity contribution >= 4 is 5.78 Å². The third-order valence-electron chi connectivity index (χ3n) is 4.14. The van der Waals surface area contributed by atoms with Gasteiger partial charge in [0, 0.05) is 12.0 Å². The molecule has 0 aliphatic heterocycles. The molecule has 0 amide bonds. The van der Waals surface area contributed by atoms with Crippen LogP contribution in [0.3, 0.4) is 0 Å². The Kier molecular flexibility index (Phi) is 5.30. The van der Waals surface area contributed by atoms with Crippen LogP contribution >= 0.6 is 0 Å². The van der Waals surface area contributed by atoms with E-state index < -0.39 is 0 Å². The van der Waals surface area contributed by atoms with Crippen LogP contribution in [-0.4, -0.2) is 5.78 Å². The lowest BCUT2D eigenvalue weighted by Crippen LogP contribution is -2.03. The van der Waals surface area contributed by atoms with Gasteiger partial charge in [0.25, 0.3) is 0 Å². The SMILES string of the molecule is CC(C)c1ccc(Oc2cccc(CC(=O)c3ccccc3)c2)cc1. The molecule has 2 nitrogen and oxygen atoms in total. The largest absolute Gasteiger partial charge is 0.457 e. The molecule has 3 aromatic carbocycles. The number of benzene rings is 3. The van der Waals surface area contributed by atoms with E-state index in [2.05, 4.69) is 26.0 Å². The summed E-state index contributed by atoms with van der Waals surface area (Å²) in [5.74, 6) is 2.16. The molecular formula is C23H22O2. The summed E-state index contributed by atoms with van der Waals surface area (Å²) in [5.41, 5.74) is 2.97. The van der Waals surface area contributed by atoms with Gasteiger partial charge in [0.2, 0.25) is 0 Å². The monoisotopic (exact) mass is 330 g/mol. The molecule has 0 saturated carbocycles. The van der Waals surface area contributed by atoms with Gasteiger partial charge in [-0.25, -0.2) is 0 Å². The Balaban J connectivity index is 1.70. The molecule has 0 atom stereocenters. The predicted molar refractivity (Wildman–Crippen MR) is 102 cm³/mol. The first-order chi connectivity index (χ1) is 12.1. The van der Waals surface area contributed by atoms with Gasteiger partial charge in [-0.2, -0.15) is 0 Å². The summed E-state index contributed by atoms with van der Waals surface area (Å²) >= 11 is 0. The maximum Gasteiger partial charge on any atom is 0.167 e. The molecule has 0 bridgehead atoms. The zero-order chi connectivity index (χ0) is 17.6. The Morgan fingerprint density at radius 3 is 2.24 bits per heavy atom. The van der Waals surface area contributed by atoms with Crippen LogP contribution in [0.25, 0.3) is 0 Å². The fraction of sp³-hybridized carbons (Fsp3) is 0.174. The van der Waals surface area contributed by atoms with E-state index in [9.17, 15) is 4.79 Å². The van der Waals surface area contributed by atoms with Gasteiger partial charge in [-0.3, -0.25) is 4.79 Å². The number of carbonyl (C=O) groups excluding carboxylic acids is 1. The molecule has 0 fully saturated rings. The van der Waals surface area contributed by atoms with Crippen LogP contribution in [0.4, 0.5) is 0 Å². The standard InChI is InChI=1S/C23H22O2/c1-17(2)19-11-13-21(14-12-19)25-22-10-6-7-18(15-22)16-23(24)20-8-4-3-5-9-20/h3-15,17H,16H2,1-2H3. The predicted octanol–water partition coefficient (Wildman–Crippen LogP) is 6.03. The lowest BCUT2D eigenvalue weighted by molar-refractivity contribution is 0.0993. The first-order valence-corrected chi connectivity index (χ1v) is 8.57. The first-order valence-electron chi connectivity index (χ1n) is 8.57. The van der Waals surface area contributed by atoms with Crippen LogP contribution in [0, 0.1) is 0 Å². The topological polar surface area (TPSA) is 26.3 Å². The fourth-order valence-corrected chi connectivity index (χ4v) is 2.69. The van der Waals surface area contributed by atoms with Crippen molar-refractivity contribution in [2.24, 2.45) is 0 Å². The number of rotatable bonds is 6. The highest BCUT2D eigenvalue weighted by Crippen LogP contribution is 2.25. The van der Waals surface area contributed by atoms with E-state index in [4.69, 9.17) is 4.74 Å². The van der Waals surface area contributed by atoms with Crippen molar-refractivity contribution in [3.8, 4) is 11.5 Å². The first kappa shape index (κ1) is 17.0. The number of hydrogen-bond donors (Lipinski definition) is 0. The number of ether oxygens (including phenoxy) is 1. The van der Waals surface area contributed by atoms with E-state index in [1.165, 1.54) is 5.56 Å². The minimum absolute atomic E-state index is 0.110. The highest BCUT2D eigenvalue weighted by Gasteiger charge is 2.08. The molecule has 0 N–H and O–H groups in total.